The van der Waals surface area contributed by atoms with Crippen molar-refractivity contribution in [1.29, 1.82) is 0 Å². The van der Waals surface area contributed by atoms with Crippen LogP contribution < -0.4 is 0 Å². The molecule has 4 unspecified atom stereocenters. The molecule has 2 heterocycles. The van der Waals surface area contributed by atoms with Crippen LogP contribution in [-0.2, 0) is 0 Å². The van der Waals surface area contributed by atoms with E-state index in [-0.39, 0.29) is 23.6 Å². The van der Waals surface area contributed by atoms with Gasteiger partial charge in [0, 0.05) is 13.1 Å². The average Bonchev–Trinajstić information content (AvgIpc) is 3.65. The Balaban J connectivity index is 1.07. The molecular weight excluding hydrogens is 753 g/mol. The van der Waals surface area contributed by atoms with Crippen molar-refractivity contribution in [3.8, 4) is 0 Å². The molecule has 61 heavy (non-hydrogen) atoms. The molecule has 4 atom stereocenters. The first-order valence-electron chi connectivity index (χ1n) is 25.8. The van der Waals surface area contributed by atoms with Gasteiger partial charge in [0.2, 0.25) is 0 Å². The third kappa shape index (κ3) is 14.6. The van der Waals surface area contributed by atoms with E-state index in [0.29, 0.717) is 35.3 Å². The standard InChI is InChI=1S/C55H84N2O4/c1-4-6-8-10-16-22-30-44-37-38-45(31-23-17-12-14-20-29-41-57-54(60)50-39-36-43(3)42-51(50)55(57)61)47(46(44)32-24-18-11-9-7-5-2)33-25-19-13-15-21-28-40-56-52(58)48-34-26-27-35-49(48)53(56)59/h26-27,34-36,39,42,44-47H,4-25,28-33,37-38,40-41H2,1-3H3. The molecule has 2 aromatic rings. The summed E-state index contributed by atoms with van der Waals surface area (Å²) in [7, 11) is 0. The third-order valence-corrected chi connectivity index (χ3v) is 14.9. The zero-order chi connectivity index (χ0) is 43.2. The van der Waals surface area contributed by atoms with Crippen LogP contribution in [0.4, 0.5) is 0 Å². The SMILES string of the molecule is CCCCCCCCC1CCC(CCCCCCCCN2C(=O)c3ccc(C)cc3C2=O)C(CCCCCCCCN2C(=O)c3ccccc3C2=O)C1CCCCCCCC. The topological polar surface area (TPSA) is 74.8 Å². The molecule has 1 fully saturated rings. The Bertz CT molecular complexity index is 1610. The van der Waals surface area contributed by atoms with E-state index in [2.05, 4.69) is 13.8 Å². The number of hydrogen-bond acceptors (Lipinski definition) is 4. The van der Waals surface area contributed by atoms with Crippen LogP contribution in [0.15, 0.2) is 42.5 Å². The molecule has 4 amide bonds. The molecule has 0 spiro atoms. The smallest absolute Gasteiger partial charge is 0.261 e. The second-order valence-corrected chi connectivity index (χ2v) is 19.5. The van der Waals surface area contributed by atoms with Gasteiger partial charge in [0.25, 0.3) is 23.6 Å². The van der Waals surface area contributed by atoms with Gasteiger partial charge in [-0.2, -0.15) is 0 Å². The van der Waals surface area contributed by atoms with E-state index in [9.17, 15) is 19.2 Å². The molecule has 1 saturated carbocycles. The average molecular weight is 837 g/mol. The largest absolute Gasteiger partial charge is 0.274 e. The molecule has 6 nitrogen and oxygen atoms in total. The van der Waals surface area contributed by atoms with E-state index >= 15 is 0 Å². The van der Waals surface area contributed by atoms with Crippen LogP contribution in [0.3, 0.4) is 0 Å². The lowest BCUT2D eigenvalue weighted by Crippen LogP contribution is -2.35. The minimum absolute atomic E-state index is 0.118. The van der Waals surface area contributed by atoms with Crippen molar-refractivity contribution in [2.75, 3.05) is 13.1 Å². The molecule has 2 aliphatic heterocycles. The van der Waals surface area contributed by atoms with Gasteiger partial charge in [-0.3, -0.25) is 29.0 Å². The molecule has 0 aromatic heterocycles. The van der Waals surface area contributed by atoms with Crippen molar-refractivity contribution in [3.63, 3.8) is 0 Å². The molecule has 5 rings (SSSR count). The fourth-order valence-corrected chi connectivity index (χ4v) is 11.3. The van der Waals surface area contributed by atoms with Gasteiger partial charge in [-0.15, -0.1) is 0 Å². The number of nitrogens with zero attached hydrogens (tertiary/aromatic N) is 2. The summed E-state index contributed by atoms with van der Waals surface area (Å²) in [4.78, 5) is 54.3. The van der Waals surface area contributed by atoms with E-state index in [4.69, 9.17) is 0 Å². The quantitative estimate of drug-likeness (QED) is 0.0543. The highest BCUT2D eigenvalue weighted by atomic mass is 16.2. The number of fused-ring (bicyclic) bond motifs is 2. The van der Waals surface area contributed by atoms with Crippen molar-refractivity contribution < 1.29 is 19.2 Å². The predicted molar refractivity (Wildman–Crippen MR) is 252 cm³/mol. The van der Waals surface area contributed by atoms with Crippen LogP contribution in [-0.4, -0.2) is 46.5 Å². The van der Waals surface area contributed by atoms with E-state index in [0.717, 1.165) is 54.9 Å². The van der Waals surface area contributed by atoms with Crippen LogP contribution in [0, 0.1) is 30.6 Å². The number of imide groups is 2. The molecular formula is C55H84N2O4. The van der Waals surface area contributed by atoms with E-state index in [1.807, 2.05) is 37.3 Å². The molecule has 0 saturated heterocycles. The van der Waals surface area contributed by atoms with Gasteiger partial charge >= 0.3 is 0 Å². The van der Waals surface area contributed by atoms with E-state index in [1.54, 1.807) is 12.1 Å². The molecule has 338 valence electrons. The number of carbonyl (C=O) groups excluding carboxylic acids is 4. The van der Waals surface area contributed by atoms with Gasteiger partial charge in [-0.25, -0.2) is 0 Å². The minimum Gasteiger partial charge on any atom is -0.274 e. The first kappa shape index (κ1) is 48.7. The first-order chi connectivity index (χ1) is 29.8. The Labute approximate surface area is 371 Å². The molecule has 0 radical (unpaired) electrons. The van der Waals surface area contributed by atoms with Gasteiger partial charge in [-0.05, 0) is 93.4 Å². The van der Waals surface area contributed by atoms with Crippen LogP contribution in [0.25, 0.3) is 0 Å². The van der Waals surface area contributed by atoms with Gasteiger partial charge < -0.3 is 0 Å². The Morgan fingerprint density at radius 3 is 1.18 bits per heavy atom. The van der Waals surface area contributed by atoms with Crippen molar-refractivity contribution in [2.45, 2.75) is 213 Å². The molecule has 3 aliphatic rings. The first-order valence-corrected chi connectivity index (χ1v) is 25.8. The molecule has 6 heteroatoms. The second kappa shape index (κ2) is 27.0. The van der Waals surface area contributed by atoms with Crippen LogP contribution in [0.2, 0.25) is 0 Å². The van der Waals surface area contributed by atoms with Crippen molar-refractivity contribution in [3.05, 3.63) is 70.3 Å². The van der Waals surface area contributed by atoms with Crippen molar-refractivity contribution in [1.82, 2.24) is 9.80 Å². The van der Waals surface area contributed by atoms with Gasteiger partial charge in [-0.1, -0.05) is 192 Å². The number of carbonyl (C=O) groups is 4. The van der Waals surface area contributed by atoms with Crippen LogP contribution >= 0.6 is 0 Å². The van der Waals surface area contributed by atoms with Gasteiger partial charge in [0.1, 0.15) is 0 Å². The van der Waals surface area contributed by atoms with Crippen LogP contribution in [0.1, 0.15) is 253 Å². The normalized spacial score (nSPS) is 20.0. The summed E-state index contributed by atoms with van der Waals surface area (Å²) in [5.41, 5.74) is 3.27. The molecule has 1 aliphatic carbocycles. The van der Waals surface area contributed by atoms with Crippen molar-refractivity contribution in [2.24, 2.45) is 23.7 Å². The van der Waals surface area contributed by atoms with Gasteiger partial charge in [0.05, 0.1) is 22.3 Å². The fourth-order valence-electron chi connectivity index (χ4n) is 11.3. The monoisotopic (exact) mass is 837 g/mol. The Morgan fingerprint density at radius 1 is 0.410 bits per heavy atom. The lowest BCUT2D eigenvalue weighted by atomic mass is 9.61. The number of benzene rings is 2. The van der Waals surface area contributed by atoms with Crippen molar-refractivity contribution >= 4 is 23.6 Å². The maximum Gasteiger partial charge on any atom is 0.261 e. The predicted octanol–water partition coefficient (Wildman–Crippen LogP) is 15.1. The summed E-state index contributed by atoms with van der Waals surface area (Å²) < 4.78 is 0. The summed E-state index contributed by atoms with van der Waals surface area (Å²) in [6.07, 6.45) is 39.2. The zero-order valence-corrected chi connectivity index (χ0v) is 39.0. The highest BCUT2D eigenvalue weighted by Gasteiger charge is 2.38. The minimum atomic E-state index is -0.125. The highest BCUT2D eigenvalue weighted by molar-refractivity contribution is 6.22. The summed E-state index contributed by atoms with van der Waals surface area (Å²) in [6.45, 7) is 7.67. The lowest BCUT2D eigenvalue weighted by molar-refractivity contribution is 0.0580. The maximum absolute atomic E-state index is 12.9. The maximum atomic E-state index is 12.9. The third-order valence-electron chi connectivity index (χ3n) is 14.9. The summed E-state index contributed by atoms with van der Waals surface area (Å²) in [6, 6.07) is 12.8. The Hall–Kier alpha value is -3.28. The summed E-state index contributed by atoms with van der Waals surface area (Å²) in [5.74, 6) is 3.05. The second-order valence-electron chi connectivity index (χ2n) is 19.5. The fraction of sp³-hybridized carbons (Fsp3) is 0.709. The number of hydrogen-bond donors (Lipinski definition) is 0. The van der Waals surface area contributed by atoms with Gasteiger partial charge in [0.15, 0.2) is 0 Å². The zero-order valence-electron chi connectivity index (χ0n) is 39.0. The molecule has 2 aromatic carbocycles. The Kier molecular flexibility index (Phi) is 21.6. The van der Waals surface area contributed by atoms with E-state index < -0.39 is 0 Å². The lowest BCUT2D eigenvalue weighted by Gasteiger charge is -2.44. The van der Waals surface area contributed by atoms with Crippen LogP contribution in [0.5, 0.6) is 0 Å². The number of aryl methyl sites for hydroxylation is 1. The number of unbranched alkanes of at least 4 members (excludes halogenated alkanes) is 20. The highest BCUT2D eigenvalue weighted by Crippen LogP contribution is 2.48. The Morgan fingerprint density at radius 2 is 0.754 bits per heavy atom. The number of amides is 4. The summed E-state index contributed by atoms with van der Waals surface area (Å²) >= 11 is 0. The molecule has 0 bridgehead atoms. The molecule has 0 N–H and O–H groups in total. The van der Waals surface area contributed by atoms with E-state index in [1.165, 1.54) is 177 Å². The number of rotatable bonds is 32. The summed E-state index contributed by atoms with van der Waals surface area (Å²) in [5, 5.41) is 0.